The molecular weight excluding hydrogens is 254 g/mol. The zero-order chi connectivity index (χ0) is 15.0. The molecule has 1 aromatic heterocycles. The summed E-state index contributed by atoms with van der Waals surface area (Å²) < 4.78 is 11.1. The fraction of sp³-hybridized carbons (Fsp3) is 0.733. The van der Waals surface area contributed by atoms with Gasteiger partial charge in [0.05, 0.1) is 12.3 Å². The molecule has 0 aromatic carbocycles. The van der Waals surface area contributed by atoms with Crippen LogP contribution in [0.4, 0.5) is 5.82 Å². The van der Waals surface area contributed by atoms with Gasteiger partial charge in [-0.15, -0.1) is 0 Å². The summed E-state index contributed by atoms with van der Waals surface area (Å²) in [6, 6.07) is 1.94. The minimum Gasteiger partial charge on any atom is -0.378 e. The Morgan fingerprint density at radius 3 is 2.55 bits per heavy atom. The highest BCUT2D eigenvalue weighted by molar-refractivity contribution is 5.36. The molecule has 114 valence electrons. The first-order valence-corrected chi connectivity index (χ1v) is 7.34. The van der Waals surface area contributed by atoms with E-state index in [-0.39, 0.29) is 0 Å². The molecule has 5 heteroatoms. The van der Waals surface area contributed by atoms with Crippen molar-refractivity contribution >= 4 is 5.82 Å². The lowest BCUT2D eigenvalue weighted by Gasteiger charge is -2.27. The minimum atomic E-state index is -0.457. The summed E-state index contributed by atoms with van der Waals surface area (Å²) in [4.78, 5) is 9.20. The monoisotopic (exact) mass is 281 g/mol. The van der Waals surface area contributed by atoms with Crippen molar-refractivity contribution in [3.63, 3.8) is 0 Å². The summed E-state index contributed by atoms with van der Waals surface area (Å²) in [5, 5.41) is 3.31. The fourth-order valence-electron chi connectivity index (χ4n) is 1.94. The van der Waals surface area contributed by atoms with E-state index in [0.717, 1.165) is 36.7 Å². The van der Waals surface area contributed by atoms with Crippen LogP contribution in [-0.2, 0) is 21.7 Å². The molecule has 5 nitrogen and oxygen atoms in total. The zero-order valence-corrected chi connectivity index (χ0v) is 13.3. The molecule has 1 unspecified atom stereocenters. The van der Waals surface area contributed by atoms with Crippen LogP contribution in [0.25, 0.3) is 0 Å². The van der Waals surface area contributed by atoms with Crippen LogP contribution in [0, 0.1) is 0 Å². The molecule has 0 saturated carbocycles. The van der Waals surface area contributed by atoms with E-state index in [2.05, 4.69) is 29.1 Å². The van der Waals surface area contributed by atoms with Crippen molar-refractivity contribution in [2.24, 2.45) is 0 Å². The minimum absolute atomic E-state index is 0.457. The zero-order valence-electron chi connectivity index (χ0n) is 13.3. The molecule has 0 bridgehead atoms. The highest BCUT2D eigenvalue weighted by atomic mass is 16.5. The second kappa shape index (κ2) is 8.17. The van der Waals surface area contributed by atoms with Gasteiger partial charge in [0.25, 0.3) is 0 Å². The van der Waals surface area contributed by atoms with Crippen molar-refractivity contribution < 1.29 is 9.47 Å². The van der Waals surface area contributed by atoms with Crippen LogP contribution in [0.5, 0.6) is 0 Å². The highest BCUT2D eigenvalue weighted by Gasteiger charge is 2.29. The molecule has 20 heavy (non-hydrogen) atoms. The smallest absolute Gasteiger partial charge is 0.162 e. The van der Waals surface area contributed by atoms with Gasteiger partial charge in [-0.3, -0.25) is 0 Å². The molecule has 1 rings (SSSR count). The van der Waals surface area contributed by atoms with E-state index in [1.807, 2.05) is 19.9 Å². The first-order valence-electron chi connectivity index (χ1n) is 7.34. The Kier molecular flexibility index (Phi) is 6.88. The quantitative estimate of drug-likeness (QED) is 0.753. The molecule has 1 N–H and O–H groups in total. The molecule has 0 aliphatic carbocycles. The second-order valence-electron chi connectivity index (χ2n) is 4.95. The number of aromatic nitrogens is 2. The molecule has 0 fully saturated rings. The van der Waals surface area contributed by atoms with Gasteiger partial charge in [-0.25, -0.2) is 9.97 Å². The first-order chi connectivity index (χ1) is 9.59. The molecule has 0 saturated heterocycles. The van der Waals surface area contributed by atoms with E-state index in [1.165, 1.54) is 0 Å². The second-order valence-corrected chi connectivity index (χ2v) is 4.95. The molecule has 0 radical (unpaired) electrons. The van der Waals surface area contributed by atoms with Crippen LogP contribution in [-0.4, -0.2) is 30.2 Å². The third-order valence-corrected chi connectivity index (χ3v) is 3.24. The summed E-state index contributed by atoms with van der Waals surface area (Å²) in [5.74, 6) is 1.55. The van der Waals surface area contributed by atoms with Crippen LogP contribution >= 0.6 is 0 Å². The van der Waals surface area contributed by atoms with E-state index in [1.54, 1.807) is 7.11 Å². The summed E-state index contributed by atoms with van der Waals surface area (Å²) in [5.41, 5.74) is 0.414. The van der Waals surface area contributed by atoms with Crippen LogP contribution in [0.3, 0.4) is 0 Å². The summed E-state index contributed by atoms with van der Waals surface area (Å²) in [6.07, 6.45) is 1.87. The molecule has 0 aliphatic heterocycles. The van der Waals surface area contributed by atoms with Gasteiger partial charge in [0.1, 0.15) is 11.4 Å². The lowest BCUT2D eigenvalue weighted by molar-refractivity contribution is -0.0392. The van der Waals surface area contributed by atoms with Gasteiger partial charge >= 0.3 is 0 Å². The maximum atomic E-state index is 5.86. The van der Waals surface area contributed by atoms with Crippen LogP contribution in [0.15, 0.2) is 6.07 Å². The van der Waals surface area contributed by atoms with Crippen molar-refractivity contribution in [1.29, 1.82) is 0 Å². The molecule has 1 heterocycles. The Bertz CT molecular complexity index is 412. The lowest BCUT2D eigenvalue weighted by Crippen LogP contribution is -2.29. The Morgan fingerprint density at radius 1 is 1.25 bits per heavy atom. The average molecular weight is 281 g/mol. The highest BCUT2D eigenvalue weighted by Crippen LogP contribution is 2.27. The van der Waals surface area contributed by atoms with Gasteiger partial charge in [-0.1, -0.05) is 13.8 Å². The lowest BCUT2D eigenvalue weighted by atomic mass is 10.0. The van der Waals surface area contributed by atoms with Gasteiger partial charge < -0.3 is 14.8 Å². The topological polar surface area (TPSA) is 56.3 Å². The Balaban J connectivity index is 3.12. The number of methoxy groups -OCH3 is 1. The van der Waals surface area contributed by atoms with E-state index in [0.29, 0.717) is 13.2 Å². The van der Waals surface area contributed by atoms with Crippen LogP contribution in [0.1, 0.15) is 52.1 Å². The molecule has 1 atom stereocenters. The van der Waals surface area contributed by atoms with Gasteiger partial charge in [-0.05, 0) is 26.7 Å². The van der Waals surface area contributed by atoms with E-state index in [4.69, 9.17) is 9.47 Å². The predicted molar refractivity (Wildman–Crippen MR) is 80.8 cm³/mol. The van der Waals surface area contributed by atoms with Crippen molar-refractivity contribution in [3.8, 4) is 0 Å². The molecule has 0 amide bonds. The van der Waals surface area contributed by atoms with E-state index >= 15 is 0 Å². The Labute approximate surface area is 122 Å². The van der Waals surface area contributed by atoms with E-state index in [9.17, 15) is 0 Å². The number of hydrogen-bond donors (Lipinski definition) is 1. The third kappa shape index (κ3) is 4.42. The molecule has 0 spiro atoms. The SMILES string of the molecule is CCCNc1cc(COC)nc(C(C)(CC)OCC)n1. The van der Waals surface area contributed by atoms with Crippen LogP contribution in [0.2, 0.25) is 0 Å². The third-order valence-electron chi connectivity index (χ3n) is 3.24. The normalized spacial score (nSPS) is 14.1. The van der Waals surface area contributed by atoms with Gasteiger partial charge in [0, 0.05) is 26.3 Å². The number of hydrogen-bond acceptors (Lipinski definition) is 5. The van der Waals surface area contributed by atoms with Gasteiger partial charge in [0.15, 0.2) is 5.82 Å². The molecule has 0 aliphatic rings. The van der Waals surface area contributed by atoms with Gasteiger partial charge in [0.2, 0.25) is 0 Å². The fourth-order valence-corrected chi connectivity index (χ4v) is 1.94. The summed E-state index contributed by atoms with van der Waals surface area (Å²) in [7, 11) is 1.67. The first kappa shape index (κ1) is 16.9. The van der Waals surface area contributed by atoms with Crippen molar-refractivity contribution in [2.45, 2.75) is 52.7 Å². The Hall–Kier alpha value is -1.20. The number of nitrogens with one attached hydrogen (secondary N) is 1. The Morgan fingerprint density at radius 2 is 2.00 bits per heavy atom. The van der Waals surface area contributed by atoms with Crippen molar-refractivity contribution in [3.05, 3.63) is 17.6 Å². The standard InChI is InChI=1S/C15H27N3O2/c1-6-9-16-13-10-12(11-19-5)17-14(18-13)15(4,7-2)20-8-3/h10H,6-9,11H2,1-5H3,(H,16,17,18). The largest absolute Gasteiger partial charge is 0.378 e. The summed E-state index contributed by atoms with van der Waals surface area (Å²) >= 11 is 0. The van der Waals surface area contributed by atoms with Gasteiger partial charge in [-0.2, -0.15) is 0 Å². The predicted octanol–water partition coefficient (Wildman–Crippen LogP) is 3.11. The van der Waals surface area contributed by atoms with Crippen molar-refractivity contribution in [1.82, 2.24) is 9.97 Å². The maximum Gasteiger partial charge on any atom is 0.162 e. The number of ether oxygens (including phenoxy) is 2. The number of anilines is 1. The average Bonchev–Trinajstić information content (AvgIpc) is 2.45. The number of nitrogens with zero attached hydrogens (tertiary/aromatic N) is 2. The summed E-state index contributed by atoms with van der Waals surface area (Å²) in [6.45, 7) is 10.2. The van der Waals surface area contributed by atoms with Crippen LogP contribution < -0.4 is 5.32 Å². The molecular formula is C15H27N3O2. The molecule has 1 aromatic rings. The van der Waals surface area contributed by atoms with E-state index < -0.39 is 5.60 Å². The maximum absolute atomic E-state index is 5.86. The number of rotatable bonds is 9. The van der Waals surface area contributed by atoms with Crippen molar-refractivity contribution in [2.75, 3.05) is 25.6 Å².